The van der Waals surface area contributed by atoms with Crippen molar-refractivity contribution in [3.05, 3.63) is 59.8 Å². The van der Waals surface area contributed by atoms with Crippen molar-refractivity contribution in [3.63, 3.8) is 0 Å². The van der Waals surface area contributed by atoms with Crippen molar-refractivity contribution >= 4 is 5.91 Å². The largest absolute Gasteiger partial charge is 0.480 e. The van der Waals surface area contributed by atoms with Crippen LogP contribution in [0.3, 0.4) is 0 Å². The van der Waals surface area contributed by atoms with Crippen LogP contribution in [0.2, 0.25) is 0 Å². The molecule has 2 aromatic rings. The summed E-state index contributed by atoms with van der Waals surface area (Å²) in [6.45, 7) is 1.49. The summed E-state index contributed by atoms with van der Waals surface area (Å²) in [4.78, 5) is 18.6. The SMILES string of the molecule is COCCN(Cc1ccccc1)C(=O)c1cccnc1OC. The Bertz CT molecular complexity index is 602. The van der Waals surface area contributed by atoms with Gasteiger partial charge < -0.3 is 14.4 Å². The van der Waals surface area contributed by atoms with E-state index >= 15 is 0 Å². The van der Waals surface area contributed by atoms with Crippen molar-refractivity contribution in [2.24, 2.45) is 0 Å². The number of benzene rings is 1. The number of pyridine rings is 1. The molecule has 0 atom stereocenters. The molecule has 116 valence electrons. The van der Waals surface area contributed by atoms with Gasteiger partial charge in [0.05, 0.1) is 13.7 Å². The van der Waals surface area contributed by atoms with E-state index in [1.165, 1.54) is 7.11 Å². The van der Waals surface area contributed by atoms with E-state index in [4.69, 9.17) is 9.47 Å². The molecule has 1 heterocycles. The number of hydrogen-bond acceptors (Lipinski definition) is 4. The molecule has 22 heavy (non-hydrogen) atoms. The predicted molar refractivity (Wildman–Crippen MR) is 83.8 cm³/mol. The van der Waals surface area contributed by atoms with Crippen molar-refractivity contribution in [1.82, 2.24) is 9.88 Å². The minimum absolute atomic E-state index is 0.120. The number of amides is 1. The molecule has 0 saturated carbocycles. The maximum absolute atomic E-state index is 12.8. The van der Waals surface area contributed by atoms with Gasteiger partial charge in [-0.1, -0.05) is 30.3 Å². The molecule has 2 rings (SSSR count). The van der Waals surface area contributed by atoms with Crippen LogP contribution < -0.4 is 4.74 Å². The van der Waals surface area contributed by atoms with Crippen LogP contribution in [0.5, 0.6) is 5.88 Å². The Labute approximate surface area is 130 Å². The lowest BCUT2D eigenvalue weighted by atomic mass is 10.2. The number of ether oxygens (including phenoxy) is 2. The highest BCUT2D eigenvalue weighted by atomic mass is 16.5. The minimum atomic E-state index is -0.120. The topological polar surface area (TPSA) is 51.7 Å². The molecule has 0 fully saturated rings. The van der Waals surface area contributed by atoms with Gasteiger partial charge in [-0.05, 0) is 17.7 Å². The predicted octanol–water partition coefficient (Wildman–Crippen LogP) is 2.38. The fourth-order valence-corrected chi connectivity index (χ4v) is 2.14. The van der Waals surface area contributed by atoms with E-state index < -0.39 is 0 Å². The zero-order chi connectivity index (χ0) is 15.8. The Kier molecular flexibility index (Phi) is 5.91. The van der Waals surface area contributed by atoms with Crippen molar-refractivity contribution in [2.75, 3.05) is 27.4 Å². The lowest BCUT2D eigenvalue weighted by Gasteiger charge is -2.23. The molecule has 5 heteroatoms. The lowest BCUT2D eigenvalue weighted by Crippen LogP contribution is -2.33. The van der Waals surface area contributed by atoms with Crippen LogP contribution in [0.25, 0.3) is 0 Å². The third kappa shape index (κ3) is 4.05. The number of methoxy groups -OCH3 is 2. The average Bonchev–Trinajstić information content (AvgIpc) is 2.58. The summed E-state index contributed by atoms with van der Waals surface area (Å²) in [5.41, 5.74) is 1.52. The maximum atomic E-state index is 12.8. The average molecular weight is 300 g/mol. The third-order valence-electron chi connectivity index (χ3n) is 3.26. The number of carbonyl (C=O) groups is 1. The van der Waals surface area contributed by atoms with Gasteiger partial charge in [-0.3, -0.25) is 4.79 Å². The number of aromatic nitrogens is 1. The van der Waals surface area contributed by atoms with E-state index in [9.17, 15) is 4.79 Å². The van der Waals surface area contributed by atoms with Gasteiger partial charge in [0.2, 0.25) is 5.88 Å². The van der Waals surface area contributed by atoms with Crippen LogP contribution in [0.15, 0.2) is 48.7 Å². The van der Waals surface area contributed by atoms with Gasteiger partial charge >= 0.3 is 0 Å². The second kappa shape index (κ2) is 8.14. The van der Waals surface area contributed by atoms with E-state index in [1.54, 1.807) is 30.3 Å². The van der Waals surface area contributed by atoms with Crippen LogP contribution in [0.1, 0.15) is 15.9 Å². The molecule has 0 saturated heterocycles. The van der Waals surface area contributed by atoms with E-state index in [0.29, 0.717) is 31.1 Å². The first-order valence-electron chi connectivity index (χ1n) is 7.07. The summed E-state index contributed by atoms with van der Waals surface area (Å²) >= 11 is 0. The van der Waals surface area contributed by atoms with Gasteiger partial charge in [0.15, 0.2) is 0 Å². The highest BCUT2D eigenvalue weighted by molar-refractivity contribution is 5.96. The third-order valence-corrected chi connectivity index (χ3v) is 3.26. The molecule has 0 bridgehead atoms. The van der Waals surface area contributed by atoms with Crippen molar-refractivity contribution in [2.45, 2.75) is 6.54 Å². The molecule has 0 aliphatic rings. The Morgan fingerprint density at radius 3 is 2.59 bits per heavy atom. The highest BCUT2D eigenvalue weighted by Gasteiger charge is 2.20. The first kappa shape index (κ1) is 16.0. The molecule has 1 aromatic heterocycles. The lowest BCUT2D eigenvalue weighted by molar-refractivity contribution is 0.0676. The van der Waals surface area contributed by atoms with Gasteiger partial charge in [-0.2, -0.15) is 0 Å². The molecule has 0 spiro atoms. The standard InChI is InChI=1S/C17H20N2O3/c1-21-12-11-19(13-14-7-4-3-5-8-14)17(20)15-9-6-10-18-16(15)22-2/h3-10H,11-13H2,1-2H3. The molecule has 0 unspecified atom stereocenters. The Balaban J connectivity index is 2.22. The van der Waals surface area contributed by atoms with Crippen molar-refractivity contribution < 1.29 is 14.3 Å². The number of hydrogen-bond donors (Lipinski definition) is 0. The van der Waals surface area contributed by atoms with Crippen LogP contribution in [-0.4, -0.2) is 43.2 Å². The summed E-state index contributed by atoms with van der Waals surface area (Å²) in [5, 5.41) is 0. The fraction of sp³-hybridized carbons (Fsp3) is 0.294. The van der Waals surface area contributed by atoms with Gasteiger partial charge in [0, 0.05) is 26.4 Å². The molecule has 5 nitrogen and oxygen atoms in total. The molecule has 1 aromatic carbocycles. The van der Waals surface area contributed by atoms with Crippen molar-refractivity contribution in [1.29, 1.82) is 0 Å². The Morgan fingerprint density at radius 1 is 1.14 bits per heavy atom. The van der Waals surface area contributed by atoms with E-state index in [1.807, 2.05) is 30.3 Å². The normalized spacial score (nSPS) is 10.3. The molecule has 0 radical (unpaired) electrons. The number of carbonyl (C=O) groups excluding carboxylic acids is 1. The monoisotopic (exact) mass is 300 g/mol. The Morgan fingerprint density at radius 2 is 1.91 bits per heavy atom. The zero-order valence-corrected chi connectivity index (χ0v) is 12.9. The first-order valence-corrected chi connectivity index (χ1v) is 7.07. The maximum Gasteiger partial charge on any atom is 0.259 e. The fourth-order valence-electron chi connectivity index (χ4n) is 2.14. The highest BCUT2D eigenvalue weighted by Crippen LogP contribution is 2.17. The quantitative estimate of drug-likeness (QED) is 0.788. The summed E-state index contributed by atoms with van der Waals surface area (Å²) in [6.07, 6.45) is 1.60. The molecular weight excluding hydrogens is 280 g/mol. The minimum Gasteiger partial charge on any atom is -0.480 e. The van der Waals surface area contributed by atoms with Crippen LogP contribution in [-0.2, 0) is 11.3 Å². The van der Waals surface area contributed by atoms with Gasteiger partial charge in [-0.25, -0.2) is 4.98 Å². The molecule has 0 aliphatic heterocycles. The number of rotatable bonds is 7. The summed E-state index contributed by atoms with van der Waals surface area (Å²) in [7, 11) is 3.13. The van der Waals surface area contributed by atoms with Crippen LogP contribution >= 0.6 is 0 Å². The first-order chi connectivity index (χ1) is 10.8. The molecule has 0 N–H and O–H groups in total. The summed E-state index contributed by atoms with van der Waals surface area (Å²) < 4.78 is 10.3. The van der Waals surface area contributed by atoms with E-state index in [0.717, 1.165) is 5.56 Å². The van der Waals surface area contributed by atoms with E-state index in [2.05, 4.69) is 4.98 Å². The number of nitrogens with zero attached hydrogens (tertiary/aromatic N) is 2. The zero-order valence-electron chi connectivity index (χ0n) is 12.9. The second-order valence-electron chi connectivity index (χ2n) is 4.77. The van der Waals surface area contributed by atoms with Gasteiger partial charge in [-0.15, -0.1) is 0 Å². The van der Waals surface area contributed by atoms with Gasteiger partial charge in [0.1, 0.15) is 5.56 Å². The summed E-state index contributed by atoms with van der Waals surface area (Å²) in [6, 6.07) is 13.3. The van der Waals surface area contributed by atoms with Gasteiger partial charge in [0.25, 0.3) is 5.91 Å². The smallest absolute Gasteiger partial charge is 0.259 e. The molecular formula is C17H20N2O3. The van der Waals surface area contributed by atoms with Crippen LogP contribution in [0.4, 0.5) is 0 Å². The second-order valence-corrected chi connectivity index (χ2v) is 4.77. The summed E-state index contributed by atoms with van der Waals surface area (Å²) in [5.74, 6) is 0.217. The molecule has 1 amide bonds. The van der Waals surface area contributed by atoms with E-state index in [-0.39, 0.29) is 5.91 Å². The Hall–Kier alpha value is -2.40. The van der Waals surface area contributed by atoms with Crippen LogP contribution in [0, 0.1) is 0 Å². The van der Waals surface area contributed by atoms with Crippen molar-refractivity contribution in [3.8, 4) is 5.88 Å². The molecule has 0 aliphatic carbocycles.